The van der Waals surface area contributed by atoms with Crippen LogP contribution in [0, 0.1) is 5.92 Å². The van der Waals surface area contributed by atoms with Crippen LogP contribution in [-0.2, 0) is 14.3 Å². The highest BCUT2D eigenvalue weighted by atomic mass is 16.5. The van der Waals surface area contributed by atoms with Gasteiger partial charge in [0.05, 0.1) is 18.1 Å². The second-order valence-electron chi connectivity index (χ2n) is 7.10. The summed E-state index contributed by atoms with van der Waals surface area (Å²) in [5.74, 6) is -0.952. The maximum absolute atomic E-state index is 12.5. The number of ether oxygens (including phenoxy) is 1. The van der Waals surface area contributed by atoms with E-state index in [0.29, 0.717) is 30.9 Å². The number of hydrogen-bond donors (Lipinski definition) is 1. The third-order valence-electron chi connectivity index (χ3n) is 4.42. The lowest BCUT2D eigenvalue weighted by Crippen LogP contribution is -2.30. The molecule has 2 rings (SSSR count). The fourth-order valence-corrected chi connectivity index (χ4v) is 2.99. The molecule has 0 spiro atoms. The fraction of sp³-hybridized carbons (Fsp3) is 0.550. The van der Waals surface area contributed by atoms with Crippen LogP contribution >= 0.6 is 0 Å². The van der Waals surface area contributed by atoms with Gasteiger partial charge in [0.2, 0.25) is 11.8 Å². The molecular weight excluding hydrogens is 346 g/mol. The van der Waals surface area contributed by atoms with Gasteiger partial charge in [0, 0.05) is 25.2 Å². The molecule has 1 saturated heterocycles. The van der Waals surface area contributed by atoms with Gasteiger partial charge in [-0.2, -0.15) is 0 Å². The number of nitrogens with zero attached hydrogens (tertiary/aromatic N) is 2. The van der Waals surface area contributed by atoms with Crippen LogP contribution in [-0.4, -0.2) is 67.9 Å². The molecule has 1 aliphatic rings. The lowest BCUT2D eigenvalue weighted by atomic mass is 10.1. The first-order valence-corrected chi connectivity index (χ1v) is 9.41. The van der Waals surface area contributed by atoms with Gasteiger partial charge in [-0.25, -0.2) is 4.79 Å². The van der Waals surface area contributed by atoms with E-state index in [1.807, 2.05) is 21.0 Å². The van der Waals surface area contributed by atoms with Crippen molar-refractivity contribution in [1.82, 2.24) is 9.80 Å². The van der Waals surface area contributed by atoms with Gasteiger partial charge >= 0.3 is 5.97 Å². The monoisotopic (exact) mass is 375 g/mol. The molecule has 1 aromatic carbocycles. The summed E-state index contributed by atoms with van der Waals surface area (Å²) in [4.78, 5) is 40.4. The van der Waals surface area contributed by atoms with Crippen LogP contribution in [0.5, 0.6) is 0 Å². The number of rotatable bonds is 9. The zero-order chi connectivity index (χ0) is 19.8. The van der Waals surface area contributed by atoms with E-state index in [9.17, 15) is 14.4 Å². The normalized spacial score (nSPS) is 16.7. The van der Waals surface area contributed by atoms with Crippen LogP contribution in [0.25, 0.3) is 0 Å². The fourth-order valence-electron chi connectivity index (χ4n) is 2.99. The smallest absolute Gasteiger partial charge is 0.338 e. The van der Waals surface area contributed by atoms with Crippen molar-refractivity contribution >= 4 is 23.5 Å². The highest BCUT2D eigenvalue weighted by molar-refractivity contribution is 5.98. The summed E-state index contributed by atoms with van der Waals surface area (Å²) in [6.07, 6.45) is 1.87. The Labute approximate surface area is 160 Å². The molecule has 1 heterocycles. The molecule has 7 nitrogen and oxygen atoms in total. The van der Waals surface area contributed by atoms with Crippen LogP contribution in [0.1, 0.15) is 36.5 Å². The van der Waals surface area contributed by atoms with E-state index < -0.39 is 5.97 Å². The maximum Gasteiger partial charge on any atom is 0.338 e. The lowest BCUT2D eigenvalue weighted by molar-refractivity contribution is -0.128. The Balaban J connectivity index is 1.90. The maximum atomic E-state index is 12.5. The van der Waals surface area contributed by atoms with E-state index in [1.54, 1.807) is 29.2 Å². The molecule has 0 saturated carbocycles. The molecule has 0 aliphatic carbocycles. The minimum absolute atomic E-state index is 0.0193. The van der Waals surface area contributed by atoms with Crippen LogP contribution in [0.4, 0.5) is 5.69 Å². The van der Waals surface area contributed by atoms with Crippen LogP contribution in [0.3, 0.4) is 0 Å². The van der Waals surface area contributed by atoms with Gasteiger partial charge in [0.15, 0.2) is 0 Å². The second kappa shape index (κ2) is 10.1. The van der Waals surface area contributed by atoms with E-state index in [2.05, 4.69) is 10.2 Å². The van der Waals surface area contributed by atoms with Crippen molar-refractivity contribution in [2.45, 2.75) is 26.2 Å². The van der Waals surface area contributed by atoms with Gasteiger partial charge < -0.3 is 19.9 Å². The van der Waals surface area contributed by atoms with Crippen LogP contribution in [0.2, 0.25) is 0 Å². The zero-order valence-corrected chi connectivity index (χ0v) is 16.4. The van der Waals surface area contributed by atoms with Crippen molar-refractivity contribution in [2.75, 3.05) is 45.7 Å². The Morgan fingerprint density at radius 1 is 1.33 bits per heavy atom. The summed E-state index contributed by atoms with van der Waals surface area (Å²) < 4.78 is 5.11. The Morgan fingerprint density at radius 3 is 2.81 bits per heavy atom. The number of hydrogen-bond acceptors (Lipinski definition) is 5. The average molecular weight is 375 g/mol. The molecule has 7 heteroatoms. The Kier molecular flexibility index (Phi) is 7.79. The van der Waals surface area contributed by atoms with Gasteiger partial charge in [-0.05, 0) is 51.7 Å². The zero-order valence-electron chi connectivity index (χ0n) is 16.4. The van der Waals surface area contributed by atoms with Gasteiger partial charge in [0.1, 0.15) is 0 Å². The molecule has 148 valence electrons. The van der Waals surface area contributed by atoms with Gasteiger partial charge in [-0.3, -0.25) is 9.59 Å². The topological polar surface area (TPSA) is 78.9 Å². The molecule has 27 heavy (non-hydrogen) atoms. The van der Waals surface area contributed by atoms with Crippen molar-refractivity contribution in [3.63, 3.8) is 0 Å². The summed E-state index contributed by atoms with van der Waals surface area (Å²) in [5.41, 5.74) is 0.929. The molecule has 1 N–H and O–H groups in total. The van der Waals surface area contributed by atoms with E-state index in [0.717, 1.165) is 19.4 Å². The Bertz CT molecular complexity index is 675. The largest absolute Gasteiger partial charge is 0.462 e. The molecular formula is C20H29N3O4. The predicted octanol–water partition coefficient (Wildman–Crippen LogP) is 1.99. The Hall–Kier alpha value is -2.41. The van der Waals surface area contributed by atoms with Gasteiger partial charge in [-0.1, -0.05) is 13.0 Å². The molecule has 1 fully saturated rings. The minimum Gasteiger partial charge on any atom is -0.462 e. The number of benzene rings is 1. The SMILES string of the molecule is CCCOC(=O)c1cccc(NC(=O)C2CC(=O)N(CCCN(C)C)C2)c1. The van der Waals surface area contributed by atoms with E-state index in [4.69, 9.17) is 4.74 Å². The van der Waals surface area contributed by atoms with E-state index >= 15 is 0 Å². The van der Waals surface area contributed by atoms with Gasteiger partial charge in [0.25, 0.3) is 0 Å². The lowest BCUT2D eigenvalue weighted by Gasteiger charge is -2.18. The number of carbonyl (C=O) groups is 3. The summed E-state index contributed by atoms with van der Waals surface area (Å²) in [5, 5.41) is 2.82. The van der Waals surface area contributed by atoms with Crippen molar-refractivity contribution in [3.05, 3.63) is 29.8 Å². The number of esters is 1. The van der Waals surface area contributed by atoms with Gasteiger partial charge in [-0.15, -0.1) is 0 Å². The van der Waals surface area contributed by atoms with E-state index in [-0.39, 0.29) is 24.2 Å². The number of nitrogens with one attached hydrogen (secondary N) is 1. The minimum atomic E-state index is -0.406. The van der Waals surface area contributed by atoms with Crippen molar-refractivity contribution in [3.8, 4) is 0 Å². The second-order valence-corrected chi connectivity index (χ2v) is 7.10. The first-order valence-electron chi connectivity index (χ1n) is 9.41. The quantitative estimate of drug-likeness (QED) is 0.668. The molecule has 2 amide bonds. The first-order chi connectivity index (χ1) is 12.9. The number of likely N-dealkylation sites (tertiary alicyclic amines) is 1. The Morgan fingerprint density at radius 2 is 2.11 bits per heavy atom. The summed E-state index contributed by atoms with van der Waals surface area (Å²) in [6.45, 7) is 4.30. The number of carbonyl (C=O) groups excluding carboxylic acids is 3. The molecule has 0 aromatic heterocycles. The average Bonchev–Trinajstić information content (AvgIpc) is 3.00. The first kappa shape index (κ1) is 20.9. The molecule has 1 aliphatic heterocycles. The highest BCUT2D eigenvalue weighted by Gasteiger charge is 2.34. The van der Waals surface area contributed by atoms with Crippen LogP contribution in [0.15, 0.2) is 24.3 Å². The molecule has 1 atom stereocenters. The predicted molar refractivity (Wildman–Crippen MR) is 104 cm³/mol. The molecule has 1 unspecified atom stereocenters. The molecule has 0 radical (unpaired) electrons. The van der Waals surface area contributed by atoms with Crippen LogP contribution < -0.4 is 5.32 Å². The van der Waals surface area contributed by atoms with Crippen molar-refractivity contribution in [1.29, 1.82) is 0 Å². The summed E-state index contributed by atoms with van der Waals surface area (Å²) >= 11 is 0. The highest BCUT2D eigenvalue weighted by Crippen LogP contribution is 2.21. The number of amides is 2. The summed E-state index contributed by atoms with van der Waals surface area (Å²) in [6, 6.07) is 6.67. The van der Waals surface area contributed by atoms with E-state index in [1.165, 1.54) is 0 Å². The third-order valence-corrected chi connectivity index (χ3v) is 4.42. The standard InChI is InChI=1S/C20H29N3O4/c1-4-11-27-20(26)15-7-5-8-17(12-15)21-19(25)16-13-18(24)23(14-16)10-6-9-22(2)3/h5,7-8,12,16H,4,6,9-11,13-14H2,1-3H3,(H,21,25). The summed E-state index contributed by atoms with van der Waals surface area (Å²) in [7, 11) is 3.99. The molecule has 1 aromatic rings. The number of anilines is 1. The van der Waals surface area contributed by atoms with Crippen molar-refractivity contribution < 1.29 is 19.1 Å². The molecule has 0 bridgehead atoms. The van der Waals surface area contributed by atoms with Crippen molar-refractivity contribution in [2.24, 2.45) is 5.92 Å². The third kappa shape index (κ3) is 6.36.